The van der Waals surface area contributed by atoms with Crippen LogP contribution < -0.4 is 5.32 Å². The number of hydrogen-bond donors (Lipinski definition) is 1. The molecule has 3 aromatic rings. The van der Waals surface area contributed by atoms with E-state index in [9.17, 15) is 8.78 Å². The van der Waals surface area contributed by atoms with Crippen LogP contribution in [0.15, 0.2) is 30.9 Å². The SMILES string of the molecule is COCCn1cnc2c(N[C@H]3C[C@@H]3c3ccc(F)c(F)c3)ncnc21. The van der Waals surface area contributed by atoms with Gasteiger partial charge in [-0.1, -0.05) is 6.07 Å². The summed E-state index contributed by atoms with van der Waals surface area (Å²) < 4.78 is 33.5. The van der Waals surface area contributed by atoms with Crippen molar-refractivity contribution in [2.75, 3.05) is 19.0 Å². The molecule has 0 bridgehead atoms. The minimum absolute atomic E-state index is 0.118. The van der Waals surface area contributed by atoms with Gasteiger partial charge in [0.15, 0.2) is 23.1 Å². The number of nitrogens with zero attached hydrogens (tertiary/aromatic N) is 4. The van der Waals surface area contributed by atoms with Gasteiger partial charge in [0.1, 0.15) is 11.8 Å². The second kappa shape index (κ2) is 6.36. The summed E-state index contributed by atoms with van der Waals surface area (Å²) in [5, 5.41) is 3.34. The first-order chi connectivity index (χ1) is 12.2. The Hall–Kier alpha value is -2.61. The minimum Gasteiger partial charge on any atom is -0.383 e. The van der Waals surface area contributed by atoms with E-state index >= 15 is 0 Å². The smallest absolute Gasteiger partial charge is 0.165 e. The first-order valence-electron chi connectivity index (χ1n) is 8.03. The number of halogens is 2. The van der Waals surface area contributed by atoms with Crippen molar-refractivity contribution in [3.63, 3.8) is 0 Å². The van der Waals surface area contributed by atoms with E-state index in [0.29, 0.717) is 24.5 Å². The maximum atomic E-state index is 13.4. The highest BCUT2D eigenvalue weighted by Gasteiger charge is 2.39. The molecule has 2 heterocycles. The third-order valence-electron chi connectivity index (χ3n) is 4.42. The van der Waals surface area contributed by atoms with E-state index in [1.807, 2.05) is 4.57 Å². The van der Waals surface area contributed by atoms with Crippen molar-refractivity contribution in [1.29, 1.82) is 0 Å². The number of fused-ring (bicyclic) bond motifs is 1. The van der Waals surface area contributed by atoms with E-state index < -0.39 is 11.6 Å². The third-order valence-corrected chi connectivity index (χ3v) is 4.42. The molecule has 2 aromatic heterocycles. The standard InChI is InChI=1S/C17H17F2N5O/c1-25-5-4-24-9-22-15-16(20-8-21-17(15)24)23-14-7-11(14)10-2-3-12(18)13(19)6-10/h2-3,6,8-9,11,14H,4-5,7H2,1H3,(H,20,21,23)/t11-,14+/m1/s1. The van der Waals surface area contributed by atoms with Crippen molar-refractivity contribution in [3.05, 3.63) is 48.1 Å². The molecular weight excluding hydrogens is 328 g/mol. The number of aromatic nitrogens is 4. The fourth-order valence-electron chi connectivity index (χ4n) is 2.98. The second-order valence-corrected chi connectivity index (χ2v) is 6.09. The number of anilines is 1. The number of methoxy groups -OCH3 is 1. The van der Waals surface area contributed by atoms with E-state index in [1.54, 1.807) is 19.5 Å². The Labute approximate surface area is 142 Å². The van der Waals surface area contributed by atoms with E-state index in [4.69, 9.17) is 4.74 Å². The lowest BCUT2D eigenvalue weighted by atomic mass is 10.1. The first kappa shape index (κ1) is 15.9. The van der Waals surface area contributed by atoms with Crippen molar-refractivity contribution >= 4 is 17.0 Å². The molecule has 1 fully saturated rings. The average Bonchev–Trinajstić information content (AvgIpc) is 3.25. The molecule has 0 amide bonds. The van der Waals surface area contributed by atoms with Gasteiger partial charge in [-0.3, -0.25) is 0 Å². The third kappa shape index (κ3) is 3.05. The zero-order chi connectivity index (χ0) is 17.4. The molecule has 1 aromatic carbocycles. The summed E-state index contributed by atoms with van der Waals surface area (Å²) in [5.74, 6) is -0.857. The molecule has 2 atom stereocenters. The molecule has 1 aliphatic carbocycles. The van der Waals surface area contributed by atoms with Gasteiger partial charge in [0, 0.05) is 25.6 Å². The predicted octanol–water partition coefficient (Wildman–Crippen LogP) is 2.72. The largest absolute Gasteiger partial charge is 0.383 e. The Morgan fingerprint density at radius 1 is 1.24 bits per heavy atom. The van der Waals surface area contributed by atoms with E-state index in [0.717, 1.165) is 17.6 Å². The Balaban J connectivity index is 1.52. The summed E-state index contributed by atoms with van der Waals surface area (Å²) in [6.07, 6.45) is 4.04. The van der Waals surface area contributed by atoms with Crippen molar-refractivity contribution in [2.24, 2.45) is 0 Å². The van der Waals surface area contributed by atoms with Gasteiger partial charge in [0.25, 0.3) is 0 Å². The number of imidazole rings is 1. The zero-order valence-corrected chi connectivity index (χ0v) is 13.6. The molecule has 1 saturated carbocycles. The molecule has 4 rings (SSSR count). The summed E-state index contributed by atoms with van der Waals surface area (Å²) in [6, 6.07) is 4.17. The quantitative estimate of drug-likeness (QED) is 0.744. The molecule has 1 aliphatic rings. The van der Waals surface area contributed by atoms with E-state index in [2.05, 4.69) is 20.3 Å². The molecule has 0 radical (unpaired) electrons. The molecular formula is C17H17F2N5O. The molecule has 8 heteroatoms. The zero-order valence-electron chi connectivity index (χ0n) is 13.6. The lowest BCUT2D eigenvalue weighted by molar-refractivity contribution is 0.188. The van der Waals surface area contributed by atoms with Crippen LogP contribution >= 0.6 is 0 Å². The molecule has 6 nitrogen and oxygen atoms in total. The highest BCUT2D eigenvalue weighted by Crippen LogP contribution is 2.43. The normalized spacial score (nSPS) is 19.3. The highest BCUT2D eigenvalue weighted by atomic mass is 19.2. The number of ether oxygens (including phenoxy) is 1. The summed E-state index contributed by atoms with van der Waals surface area (Å²) >= 11 is 0. The lowest BCUT2D eigenvalue weighted by Gasteiger charge is -2.07. The van der Waals surface area contributed by atoms with Gasteiger partial charge < -0.3 is 14.6 Å². The van der Waals surface area contributed by atoms with Crippen LogP contribution in [0.3, 0.4) is 0 Å². The van der Waals surface area contributed by atoms with Gasteiger partial charge in [-0.05, 0) is 24.1 Å². The molecule has 0 spiro atoms. The first-order valence-corrected chi connectivity index (χ1v) is 8.03. The van der Waals surface area contributed by atoms with Gasteiger partial charge >= 0.3 is 0 Å². The van der Waals surface area contributed by atoms with Gasteiger partial charge in [-0.25, -0.2) is 23.7 Å². The van der Waals surface area contributed by atoms with Crippen LogP contribution in [0.4, 0.5) is 14.6 Å². The van der Waals surface area contributed by atoms with Gasteiger partial charge in [0.05, 0.1) is 12.9 Å². The monoisotopic (exact) mass is 345 g/mol. The van der Waals surface area contributed by atoms with E-state index in [1.165, 1.54) is 18.5 Å². The minimum atomic E-state index is -0.826. The Kier molecular flexibility index (Phi) is 4.04. The fourth-order valence-corrected chi connectivity index (χ4v) is 2.98. The summed E-state index contributed by atoms with van der Waals surface area (Å²) in [4.78, 5) is 12.9. The summed E-state index contributed by atoms with van der Waals surface area (Å²) in [5.41, 5.74) is 2.21. The topological polar surface area (TPSA) is 64.9 Å². The average molecular weight is 345 g/mol. The predicted molar refractivity (Wildman–Crippen MR) is 88.3 cm³/mol. The van der Waals surface area contributed by atoms with Crippen LogP contribution in [0, 0.1) is 11.6 Å². The van der Waals surface area contributed by atoms with Crippen molar-refractivity contribution in [1.82, 2.24) is 19.5 Å². The maximum Gasteiger partial charge on any atom is 0.165 e. The Bertz CT molecular complexity index is 913. The number of hydrogen-bond acceptors (Lipinski definition) is 5. The molecule has 25 heavy (non-hydrogen) atoms. The maximum absolute atomic E-state index is 13.4. The molecule has 0 unspecified atom stereocenters. The van der Waals surface area contributed by atoms with Crippen LogP contribution in [-0.4, -0.2) is 39.3 Å². The van der Waals surface area contributed by atoms with Crippen LogP contribution in [0.5, 0.6) is 0 Å². The van der Waals surface area contributed by atoms with Crippen molar-refractivity contribution in [3.8, 4) is 0 Å². The van der Waals surface area contributed by atoms with Gasteiger partial charge in [-0.2, -0.15) is 0 Å². The second-order valence-electron chi connectivity index (χ2n) is 6.09. The Morgan fingerprint density at radius 2 is 2.12 bits per heavy atom. The molecule has 0 aliphatic heterocycles. The van der Waals surface area contributed by atoms with Gasteiger partial charge in [-0.15, -0.1) is 0 Å². The van der Waals surface area contributed by atoms with Gasteiger partial charge in [0.2, 0.25) is 0 Å². The Morgan fingerprint density at radius 3 is 2.92 bits per heavy atom. The van der Waals surface area contributed by atoms with Crippen LogP contribution in [-0.2, 0) is 11.3 Å². The molecule has 130 valence electrons. The van der Waals surface area contributed by atoms with Crippen LogP contribution in [0.2, 0.25) is 0 Å². The van der Waals surface area contributed by atoms with Crippen LogP contribution in [0.1, 0.15) is 17.9 Å². The fraction of sp³-hybridized carbons (Fsp3) is 0.353. The van der Waals surface area contributed by atoms with Crippen LogP contribution in [0.25, 0.3) is 11.2 Å². The van der Waals surface area contributed by atoms with E-state index in [-0.39, 0.29) is 12.0 Å². The lowest BCUT2D eigenvalue weighted by Crippen LogP contribution is -2.08. The highest BCUT2D eigenvalue weighted by molar-refractivity contribution is 5.83. The number of rotatable bonds is 6. The number of benzene rings is 1. The van der Waals surface area contributed by atoms with Crippen molar-refractivity contribution < 1.29 is 13.5 Å². The number of nitrogens with one attached hydrogen (secondary N) is 1. The molecule has 0 saturated heterocycles. The molecule has 1 N–H and O–H groups in total. The van der Waals surface area contributed by atoms with Crippen molar-refractivity contribution in [2.45, 2.75) is 24.9 Å². The summed E-state index contributed by atoms with van der Waals surface area (Å²) in [6.45, 7) is 1.23. The summed E-state index contributed by atoms with van der Waals surface area (Å²) in [7, 11) is 1.65.